The summed E-state index contributed by atoms with van der Waals surface area (Å²) in [6, 6.07) is 13.0. The summed E-state index contributed by atoms with van der Waals surface area (Å²) in [7, 11) is 0. The SMILES string of the molecule is OCC1CCCN(C(c2ccc(Cl)cc2)C2CCC2)C1COc1ccc(C(F)(F)F)cc1. The van der Waals surface area contributed by atoms with E-state index >= 15 is 0 Å². The lowest BCUT2D eigenvalue weighted by Gasteiger charge is -2.49. The normalized spacial score (nSPS) is 23.5. The van der Waals surface area contributed by atoms with Crippen molar-refractivity contribution in [2.24, 2.45) is 11.8 Å². The van der Waals surface area contributed by atoms with Crippen molar-refractivity contribution in [3.8, 4) is 5.75 Å². The van der Waals surface area contributed by atoms with Gasteiger partial charge >= 0.3 is 6.18 Å². The van der Waals surface area contributed by atoms with Crippen molar-refractivity contribution in [3.05, 3.63) is 64.7 Å². The summed E-state index contributed by atoms with van der Waals surface area (Å²) >= 11 is 6.12. The first-order chi connectivity index (χ1) is 15.4. The number of rotatable bonds is 7. The molecular formula is C25H29ClF3NO2. The van der Waals surface area contributed by atoms with Crippen LogP contribution in [-0.4, -0.2) is 35.8 Å². The molecule has 2 aromatic rings. The van der Waals surface area contributed by atoms with E-state index in [-0.39, 0.29) is 24.6 Å². The predicted octanol–water partition coefficient (Wildman–Crippen LogP) is 6.35. The third kappa shape index (κ3) is 5.24. The summed E-state index contributed by atoms with van der Waals surface area (Å²) in [4.78, 5) is 2.46. The third-order valence-corrected chi connectivity index (χ3v) is 7.22. The summed E-state index contributed by atoms with van der Waals surface area (Å²) in [5.74, 6) is 1.02. The second-order valence-electron chi connectivity index (χ2n) is 8.91. The maximum Gasteiger partial charge on any atom is 0.416 e. The fourth-order valence-electron chi connectivity index (χ4n) is 5.03. The van der Waals surface area contributed by atoms with E-state index in [0.717, 1.165) is 31.5 Å². The second kappa shape index (κ2) is 10.0. The van der Waals surface area contributed by atoms with E-state index in [9.17, 15) is 18.3 Å². The summed E-state index contributed by atoms with van der Waals surface area (Å²) in [5.41, 5.74) is 0.530. The fraction of sp³-hybridized carbons (Fsp3) is 0.520. The van der Waals surface area contributed by atoms with Crippen molar-refractivity contribution in [2.75, 3.05) is 19.8 Å². The van der Waals surface area contributed by atoms with Crippen LogP contribution in [0.5, 0.6) is 5.75 Å². The Morgan fingerprint density at radius 1 is 1.00 bits per heavy atom. The minimum Gasteiger partial charge on any atom is -0.492 e. The van der Waals surface area contributed by atoms with Gasteiger partial charge in [-0.1, -0.05) is 30.2 Å². The van der Waals surface area contributed by atoms with Crippen molar-refractivity contribution in [3.63, 3.8) is 0 Å². The van der Waals surface area contributed by atoms with Crippen LogP contribution in [0.3, 0.4) is 0 Å². The van der Waals surface area contributed by atoms with Crippen LogP contribution < -0.4 is 4.74 Å². The topological polar surface area (TPSA) is 32.7 Å². The van der Waals surface area contributed by atoms with Crippen LogP contribution >= 0.6 is 11.6 Å². The molecule has 2 aromatic carbocycles. The number of aliphatic hydroxyl groups is 1. The lowest BCUT2D eigenvalue weighted by Crippen LogP contribution is -2.53. The molecule has 2 aliphatic rings. The Morgan fingerprint density at radius 3 is 2.25 bits per heavy atom. The second-order valence-corrected chi connectivity index (χ2v) is 9.35. The standard InChI is InChI=1S/C25H29ClF3NO2/c26-21-10-6-18(7-11-21)24(17-3-1-4-17)30-14-2-5-19(15-31)23(30)16-32-22-12-8-20(9-13-22)25(27,28)29/h6-13,17,19,23-24,31H,1-5,14-16H2. The number of hydrogen-bond donors (Lipinski definition) is 1. The number of benzene rings is 2. The van der Waals surface area contributed by atoms with E-state index in [1.807, 2.05) is 12.1 Å². The molecule has 174 valence electrons. The Kier molecular flexibility index (Phi) is 7.33. The number of halogens is 4. The molecule has 1 heterocycles. The van der Waals surface area contributed by atoms with Gasteiger partial charge in [-0.25, -0.2) is 0 Å². The molecule has 1 saturated heterocycles. The first-order valence-electron chi connectivity index (χ1n) is 11.3. The number of piperidine rings is 1. The van der Waals surface area contributed by atoms with Gasteiger partial charge in [0.15, 0.2) is 0 Å². The quantitative estimate of drug-likeness (QED) is 0.515. The van der Waals surface area contributed by atoms with Gasteiger partial charge in [-0.05, 0) is 80.1 Å². The maximum absolute atomic E-state index is 12.9. The molecule has 1 N–H and O–H groups in total. The highest BCUT2D eigenvalue weighted by molar-refractivity contribution is 6.30. The minimum atomic E-state index is -4.37. The van der Waals surface area contributed by atoms with Gasteiger partial charge in [0.05, 0.1) is 5.56 Å². The van der Waals surface area contributed by atoms with Crippen molar-refractivity contribution < 1.29 is 23.0 Å². The third-order valence-electron chi connectivity index (χ3n) is 6.96. The molecule has 7 heteroatoms. The van der Waals surface area contributed by atoms with E-state index in [2.05, 4.69) is 17.0 Å². The smallest absolute Gasteiger partial charge is 0.416 e. The maximum atomic E-state index is 12.9. The number of ether oxygens (including phenoxy) is 1. The zero-order valence-corrected chi connectivity index (χ0v) is 18.7. The Balaban J connectivity index is 1.54. The zero-order chi connectivity index (χ0) is 22.7. The number of hydrogen-bond acceptors (Lipinski definition) is 3. The monoisotopic (exact) mass is 467 g/mol. The first kappa shape index (κ1) is 23.4. The van der Waals surface area contributed by atoms with Crippen molar-refractivity contribution in [1.29, 1.82) is 0 Å². The number of likely N-dealkylation sites (tertiary alicyclic amines) is 1. The molecular weight excluding hydrogens is 439 g/mol. The highest BCUT2D eigenvalue weighted by Gasteiger charge is 2.41. The molecule has 0 amide bonds. The molecule has 1 aliphatic carbocycles. The van der Waals surface area contributed by atoms with E-state index in [1.54, 1.807) is 0 Å². The molecule has 0 spiro atoms. The summed E-state index contributed by atoms with van der Waals surface area (Å²) in [5, 5.41) is 10.8. The van der Waals surface area contributed by atoms with E-state index < -0.39 is 11.7 Å². The summed E-state index contributed by atoms with van der Waals surface area (Å²) < 4.78 is 44.5. The highest BCUT2D eigenvalue weighted by atomic mass is 35.5. The summed E-state index contributed by atoms with van der Waals surface area (Å²) in [6.45, 7) is 1.30. The molecule has 0 radical (unpaired) electrons. The molecule has 32 heavy (non-hydrogen) atoms. The zero-order valence-electron chi connectivity index (χ0n) is 17.9. The van der Waals surface area contributed by atoms with Gasteiger partial charge < -0.3 is 9.84 Å². The van der Waals surface area contributed by atoms with Crippen molar-refractivity contribution >= 4 is 11.6 Å². The van der Waals surface area contributed by atoms with E-state index in [0.29, 0.717) is 23.3 Å². The fourth-order valence-corrected chi connectivity index (χ4v) is 5.15. The highest BCUT2D eigenvalue weighted by Crippen LogP contribution is 2.44. The average molecular weight is 468 g/mol. The molecule has 3 nitrogen and oxygen atoms in total. The van der Waals surface area contributed by atoms with E-state index in [4.69, 9.17) is 16.3 Å². The van der Waals surface area contributed by atoms with Crippen molar-refractivity contribution in [1.82, 2.24) is 4.90 Å². The molecule has 3 atom stereocenters. The minimum absolute atomic E-state index is 0.0164. The average Bonchev–Trinajstić information content (AvgIpc) is 2.75. The van der Waals surface area contributed by atoms with Crippen LogP contribution in [0.2, 0.25) is 5.02 Å². The van der Waals surface area contributed by atoms with Crippen LogP contribution in [0.25, 0.3) is 0 Å². The number of alkyl halides is 3. The molecule has 0 aromatic heterocycles. The Morgan fingerprint density at radius 2 is 1.69 bits per heavy atom. The Hall–Kier alpha value is -1.76. The largest absolute Gasteiger partial charge is 0.492 e. The molecule has 4 rings (SSSR count). The van der Waals surface area contributed by atoms with Gasteiger partial charge in [0.1, 0.15) is 12.4 Å². The lowest BCUT2D eigenvalue weighted by molar-refractivity contribution is -0.137. The molecule has 0 bridgehead atoms. The molecule has 1 aliphatic heterocycles. The molecule has 3 unspecified atom stereocenters. The van der Waals surface area contributed by atoms with Gasteiger partial charge in [0.2, 0.25) is 0 Å². The van der Waals surface area contributed by atoms with Gasteiger partial charge in [0, 0.05) is 29.6 Å². The van der Waals surface area contributed by atoms with Crippen LogP contribution in [0.1, 0.15) is 49.3 Å². The predicted molar refractivity (Wildman–Crippen MR) is 119 cm³/mol. The van der Waals surface area contributed by atoms with Crippen LogP contribution in [0, 0.1) is 11.8 Å². The van der Waals surface area contributed by atoms with Crippen LogP contribution in [0.4, 0.5) is 13.2 Å². The van der Waals surface area contributed by atoms with E-state index in [1.165, 1.54) is 37.0 Å². The molecule has 1 saturated carbocycles. The van der Waals surface area contributed by atoms with Crippen LogP contribution in [-0.2, 0) is 6.18 Å². The Labute approximate surface area is 192 Å². The number of aliphatic hydroxyl groups excluding tert-OH is 1. The Bertz CT molecular complexity index is 868. The van der Waals surface area contributed by atoms with Gasteiger partial charge in [-0.2, -0.15) is 13.2 Å². The van der Waals surface area contributed by atoms with Crippen molar-refractivity contribution in [2.45, 2.75) is 50.4 Å². The van der Waals surface area contributed by atoms with Gasteiger partial charge in [0.25, 0.3) is 0 Å². The first-order valence-corrected chi connectivity index (χ1v) is 11.7. The van der Waals surface area contributed by atoms with Crippen LogP contribution in [0.15, 0.2) is 48.5 Å². The number of nitrogens with zero attached hydrogens (tertiary/aromatic N) is 1. The lowest BCUT2D eigenvalue weighted by atomic mass is 9.74. The van der Waals surface area contributed by atoms with Gasteiger partial charge in [-0.15, -0.1) is 0 Å². The van der Waals surface area contributed by atoms with Gasteiger partial charge in [-0.3, -0.25) is 4.90 Å². The summed E-state index contributed by atoms with van der Waals surface area (Å²) in [6.07, 6.45) is 1.10. The molecule has 2 fully saturated rings.